The Morgan fingerprint density at radius 3 is 2.39 bits per heavy atom. The van der Waals surface area contributed by atoms with E-state index < -0.39 is 29.9 Å². The number of nitrogens with zero attached hydrogens (tertiary/aromatic N) is 2. The number of nitrogens with two attached hydrogens (primary N) is 1. The van der Waals surface area contributed by atoms with Gasteiger partial charge in [0.1, 0.15) is 0 Å². The SMILES string of the molecule is CCC1(c2ccccc2)C(=O)N(C)C(N)N1OC(=O)C(F)(F)F. The topological polar surface area (TPSA) is 75.9 Å². The first-order valence-electron chi connectivity index (χ1n) is 6.83. The van der Waals surface area contributed by atoms with Gasteiger partial charge in [-0.25, -0.2) is 4.79 Å². The van der Waals surface area contributed by atoms with E-state index in [2.05, 4.69) is 4.84 Å². The summed E-state index contributed by atoms with van der Waals surface area (Å²) in [6, 6.07) is 8.10. The predicted octanol–water partition coefficient (Wildman–Crippen LogP) is 1.33. The van der Waals surface area contributed by atoms with E-state index in [1.54, 1.807) is 37.3 Å². The van der Waals surface area contributed by atoms with Crippen molar-refractivity contribution in [3.05, 3.63) is 35.9 Å². The van der Waals surface area contributed by atoms with E-state index in [4.69, 9.17) is 5.73 Å². The van der Waals surface area contributed by atoms with Crippen molar-refractivity contribution in [3.8, 4) is 0 Å². The molecule has 0 radical (unpaired) electrons. The van der Waals surface area contributed by atoms with Crippen molar-refractivity contribution >= 4 is 11.9 Å². The average Bonchev–Trinajstić information content (AvgIpc) is 2.69. The third-order valence-corrected chi connectivity index (χ3v) is 3.86. The van der Waals surface area contributed by atoms with Gasteiger partial charge in [-0.2, -0.15) is 13.2 Å². The molecule has 1 saturated heterocycles. The van der Waals surface area contributed by atoms with Crippen molar-refractivity contribution in [3.63, 3.8) is 0 Å². The molecule has 1 aliphatic rings. The summed E-state index contributed by atoms with van der Waals surface area (Å²) in [5, 5.41) is 0.625. The molecule has 0 spiro atoms. The van der Waals surface area contributed by atoms with Crippen LogP contribution in [0.3, 0.4) is 0 Å². The van der Waals surface area contributed by atoms with Crippen molar-refractivity contribution in [1.82, 2.24) is 9.96 Å². The molecule has 2 rings (SSSR count). The van der Waals surface area contributed by atoms with Crippen LogP contribution in [0.25, 0.3) is 0 Å². The number of alkyl halides is 3. The van der Waals surface area contributed by atoms with Gasteiger partial charge in [-0.05, 0) is 12.0 Å². The van der Waals surface area contributed by atoms with Gasteiger partial charge in [-0.1, -0.05) is 42.3 Å². The molecule has 1 aromatic carbocycles. The highest BCUT2D eigenvalue weighted by molar-refractivity contribution is 5.90. The summed E-state index contributed by atoms with van der Waals surface area (Å²) < 4.78 is 37.6. The lowest BCUT2D eigenvalue weighted by atomic mass is 9.87. The molecule has 2 N–H and O–H groups in total. The third kappa shape index (κ3) is 2.66. The second-order valence-corrected chi connectivity index (χ2v) is 5.11. The summed E-state index contributed by atoms with van der Waals surface area (Å²) >= 11 is 0. The quantitative estimate of drug-likeness (QED) is 0.904. The predicted molar refractivity (Wildman–Crippen MR) is 73.1 cm³/mol. The maximum Gasteiger partial charge on any atom is 0.492 e. The standard InChI is InChI=1S/C14H16F3N3O3/c1-3-13(9-7-5-4-6-8-9)10(21)19(2)12(18)20(13)23-11(22)14(15,16)17/h4-8,12H,3,18H2,1-2H3. The Morgan fingerprint density at radius 2 is 1.91 bits per heavy atom. The molecule has 1 aliphatic heterocycles. The van der Waals surface area contributed by atoms with E-state index in [0.717, 1.165) is 4.90 Å². The second kappa shape index (κ2) is 5.82. The van der Waals surface area contributed by atoms with Crippen molar-refractivity contribution in [2.45, 2.75) is 31.3 Å². The Hall–Kier alpha value is -2.13. The minimum Gasteiger partial charge on any atom is -0.356 e. The number of carbonyl (C=O) groups excluding carboxylic acids is 2. The van der Waals surface area contributed by atoms with Gasteiger partial charge in [0.2, 0.25) is 0 Å². The van der Waals surface area contributed by atoms with Crippen molar-refractivity contribution < 1.29 is 27.6 Å². The number of hydrogen-bond donors (Lipinski definition) is 1. The van der Waals surface area contributed by atoms with Crippen LogP contribution in [0.2, 0.25) is 0 Å². The van der Waals surface area contributed by atoms with Crippen molar-refractivity contribution in [2.24, 2.45) is 5.73 Å². The van der Waals surface area contributed by atoms with Crippen LogP contribution in [0.15, 0.2) is 30.3 Å². The highest BCUT2D eigenvalue weighted by Gasteiger charge is 2.59. The Morgan fingerprint density at radius 1 is 1.35 bits per heavy atom. The number of hydrogen-bond acceptors (Lipinski definition) is 5. The Balaban J connectivity index is 2.52. The summed E-state index contributed by atoms with van der Waals surface area (Å²) in [4.78, 5) is 29.4. The summed E-state index contributed by atoms with van der Waals surface area (Å²) in [5.41, 5.74) is 4.57. The van der Waals surface area contributed by atoms with Gasteiger partial charge in [0, 0.05) is 7.05 Å². The number of hydroxylamine groups is 2. The minimum atomic E-state index is -5.19. The highest BCUT2D eigenvalue weighted by Crippen LogP contribution is 2.41. The van der Waals surface area contributed by atoms with Crippen LogP contribution in [0.5, 0.6) is 0 Å². The molecule has 126 valence electrons. The zero-order valence-electron chi connectivity index (χ0n) is 12.5. The van der Waals surface area contributed by atoms with Gasteiger partial charge in [0.05, 0.1) is 0 Å². The molecule has 2 atom stereocenters. The van der Waals surface area contributed by atoms with Gasteiger partial charge in [0.25, 0.3) is 5.91 Å². The van der Waals surface area contributed by atoms with Crippen LogP contribution in [0.1, 0.15) is 18.9 Å². The zero-order valence-corrected chi connectivity index (χ0v) is 12.5. The lowest BCUT2D eigenvalue weighted by Gasteiger charge is -2.34. The average molecular weight is 331 g/mol. The number of carbonyl (C=O) groups is 2. The molecule has 6 nitrogen and oxygen atoms in total. The van der Waals surface area contributed by atoms with E-state index in [0.29, 0.717) is 10.6 Å². The highest BCUT2D eigenvalue weighted by atomic mass is 19.4. The van der Waals surface area contributed by atoms with E-state index >= 15 is 0 Å². The van der Waals surface area contributed by atoms with Gasteiger partial charge in [0.15, 0.2) is 11.8 Å². The van der Waals surface area contributed by atoms with E-state index in [1.165, 1.54) is 7.05 Å². The fraction of sp³-hybridized carbons (Fsp3) is 0.429. The van der Waals surface area contributed by atoms with Crippen LogP contribution in [0, 0.1) is 0 Å². The molecule has 1 fully saturated rings. The molecule has 2 unspecified atom stereocenters. The maximum absolute atomic E-state index is 12.6. The lowest BCUT2D eigenvalue weighted by Crippen LogP contribution is -2.53. The van der Waals surface area contributed by atoms with Crippen LogP contribution in [-0.4, -0.2) is 41.4 Å². The fourth-order valence-electron chi connectivity index (χ4n) is 2.64. The fourth-order valence-corrected chi connectivity index (χ4v) is 2.64. The molecule has 0 bridgehead atoms. The molecule has 1 aromatic rings. The molecular weight excluding hydrogens is 315 g/mol. The maximum atomic E-state index is 12.6. The van der Waals surface area contributed by atoms with Crippen LogP contribution < -0.4 is 5.73 Å². The third-order valence-electron chi connectivity index (χ3n) is 3.86. The van der Waals surface area contributed by atoms with Crippen molar-refractivity contribution in [2.75, 3.05) is 7.05 Å². The molecule has 0 aromatic heterocycles. The minimum absolute atomic E-state index is 0.0685. The van der Waals surface area contributed by atoms with Crippen LogP contribution in [-0.2, 0) is 20.0 Å². The second-order valence-electron chi connectivity index (χ2n) is 5.11. The number of amides is 1. The Kier molecular flexibility index (Phi) is 4.36. The zero-order chi connectivity index (χ0) is 17.4. The number of likely N-dealkylation sites (N-methyl/N-ethyl adjacent to an activating group) is 1. The van der Waals surface area contributed by atoms with E-state index in [9.17, 15) is 22.8 Å². The summed E-state index contributed by atoms with van der Waals surface area (Å²) in [7, 11) is 1.34. The first-order chi connectivity index (χ1) is 10.7. The summed E-state index contributed by atoms with van der Waals surface area (Å²) in [5.74, 6) is -2.97. The lowest BCUT2D eigenvalue weighted by molar-refractivity contribution is -0.265. The molecule has 0 saturated carbocycles. The van der Waals surface area contributed by atoms with Gasteiger partial charge >= 0.3 is 12.1 Å². The van der Waals surface area contributed by atoms with Gasteiger partial charge in [-0.3, -0.25) is 10.5 Å². The van der Waals surface area contributed by atoms with E-state index in [1.807, 2.05) is 0 Å². The molecule has 23 heavy (non-hydrogen) atoms. The summed E-state index contributed by atoms with van der Waals surface area (Å²) in [6.07, 6.45) is -6.45. The first-order valence-corrected chi connectivity index (χ1v) is 6.83. The number of halogens is 3. The molecule has 9 heteroatoms. The van der Waals surface area contributed by atoms with Gasteiger partial charge < -0.3 is 9.74 Å². The van der Waals surface area contributed by atoms with Crippen LogP contribution in [0.4, 0.5) is 13.2 Å². The van der Waals surface area contributed by atoms with Crippen molar-refractivity contribution in [1.29, 1.82) is 0 Å². The molecular formula is C14H16F3N3O3. The largest absolute Gasteiger partial charge is 0.492 e. The van der Waals surface area contributed by atoms with Crippen LogP contribution >= 0.6 is 0 Å². The molecule has 1 amide bonds. The Bertz CT molecular complexity index is 608. The smallest absolute Gasteiger partial charge is 0.356 e. The van der Waals surface area contributed by atoms with E-state index in [-0.39, 0.29) is 6.42 Å². The molecule has 0 aliphatic carbocycles. The Labute approximate surface area is 130 Å². The normalized spacial score (nSPS) is 25.7. The molecule has 1 heterocycles. The number of rotatable bonds is 3. The van der Waals surface area contributed by atoms with Gasteiger partial charge in [-0.15, -0.1) is 0 Å². The summed E-state index contributed by atoms with van der Waals surface area (Å²) in [6.45, 7) is 1.60. The first kappa shape index (κ1) is 17.2. The monoisotopic (exact) mass is 331 g/mol. The number of benzene rings is 1.